The van der Waals surface area contributed by atoms with Crippen molar-refractivity contribution in [3.05, 3.63) is 0 Å². The summed E-state index contributed by atoms with van der Waals surface area (Å²) in [5, 5.41) is 3.62. The number of nitrogens with one attached hydrogen (secondary N) is 1. The highest BCUT2D eigenvalue weighted by Gasteiger charge is 2.39. The van der Waals surface area contributed by atoms with Crippen LogP contribution < -0.4 is 5.32 Å². The molecule has 0 radical (unpaired) electrons. The minimum atomic E-state index is 0.586. The van der Waals surface area contributed by atoms with Crippen molar-refractivity contribution < 1.29 is 4.74 Å². The number of hydrogen-bond donors (Lipinski definition) is 1. The third-order valence-corrected chi connectivity index (χ3v) is 5.27. The second kappa shape index (κ2) is 5.71. The first-order valence-corrected chi connectivity index (χ1v) is 7.77. The molecule has 2 heteroatoms. The van der Waals surface area contributed by atoms with Crippen molar-refractivity contribution in [2.24, 2.45) is 17.8 Å². The monoisotopic (exact) mass is 237 g/mol. The average Bonchev–Trinajstić information content (AvgIpc) is 2.77. The molecular formula is C15H27NO. The van der Waals surface area contributed by atoms with E-state index in [0.717, 1.165) is 24.4 Å². The molecule has 1 aliphatic carbocycles. The average molecular weight is 237 g/mol. The van der Waals surface area contributed by atoms with Gasteiger partial charge in [-0.15, -0.1) is 0 Å². The molecular weight excluding hydrogens is 210 g/mol. The molecule has 0 aromatic carbocycles. The van der Waals surface area contributed by atoms with Crippen LogP contribution in [0.1, 0.15) is 51.4 Å². The molecule has 17 heavy (non-hydrogen) atoms. The van der Waals surface area contributed by atoms with E-state index in [0.29, 0.717) is 6.10 Å². The second-order valence-corrected chi connectivity index (χ2v) is 6.29. The van der Waals surface area contributed by atoms with Gasteiger partial charge in [0.15, 0.2) is 0 Å². The van der Waals surface area contributed by atoms with Gasteiger partial charge in [-0.3, -0.25) is 0 Å². The quantitative estimate of drug-likeness (QED) is 0.699. The van der Waals surface area contributed by atoms with Gasteiger partial charge in [0.05, 0.1) is 6.10 Å². The Labute approximate surface area is 105 Å². The predicted molar refractivity (Wildman–Crippen MR) is 70.0 cm³/mol. The number of rotatable bonds is 0. The van der Waals surface area contributed by atoms with Crippen LogP contribution in [0.25, 0.3) is 0 Å². The Morgan fingerprint density at radius 1 is 0.765 bits per heavy atom. The normalized spacial score (nSPS) is 43.8. The summed E-state index contributed by atoms with van der Waals surface area (Å²) >= 11 is 0. The Morgan fingerprint density at radius 2 is 1.59 bits per heavy atom. The molecule has 98 valence electrons. The Morgan fingerprint density at radius 3 is 2.53 bits per heavy atom. The summed E-state index contributed by atoms with van der Waals surface area (Å²) < 4.78 is 6.21. The Kier molecular flexibility index (Phi) is 4.02. The molecule has 2 heterocycles. The summed E-state index contributed by atoms with van der Waals surface area (Å²) in [5.74, 6) is 2.68. The van der Waals surface area contributed by atoms with Crippen molar-refractivity contribution in [2.75, 3.05) is 19.7 Å². The van der Waals surface area contributed by atoms with Gasteiger partial charge in [-0.25, -0.2) is 0 Å². The molecule has 3 fully saturated rings. The SMILES string of the molecule is C1CCCC2OCCC3CNCC3C2CCC1. The number of hydrogen-bond acceptors (Lipinski definition) is 2. The molecule has 0 aromatic rings. The van der Waals surface area contributed by atoms with Gasteiger partial charge in [0.1, 0.15) is 0 Å². The molecule has 2 aliphatic heterocycles. The first-order valence-electron chi connectivity index (χ1n) is 7.77. The Bertz CT molecular complexity index is 243. The summed E-state index contributed by atoms with van der Waals surface area (Å²) in [6, 6.07) is 0. The minimum Gasteiger partial charge on any atom is -0.378 e. The third kappa shape index (κ3) is 2.68. The molecule has 1 saturated carbocycles. The van der Waals surface area contributed by atoms with E-state index in [9.17, 15) is 0 Å². The molecule has 1 N–H and O–H groups in total. The Balaban J connectivity index is 1.73. The van der Waals surface area contributed by atoms with Crippen molar-refractivity contribution >= 4 is 0 Å². The van der Waals surface area contributed by atoms with Crippen molar-refractivity contribution in [3.63, 3.8) is 0 Å². The lowest BCUT2D eigenvalue weighted by Crippen LogP contribution is -2.31. The van der Waals surface area contributed by atoms with E-state index in [2.05, 4.69) is 5.32 Å². The summed E-state index contributed by atoms with van der Waals surface area (Å²) in [6.45, 7) is 3.52. The van der Waals surface area contributed by atoms with Gasteiger partial charge in [-0.1, -0.05) is 32.1 Å². The summed E-state index contributed by atoms with van der Waals surface area (Å²) in [5.41, 5.74) is 0. The highest BCUT2D eigenvalue weighted by molar-refractivity contribution is 4.91. The zero-order valence-corrected chi connectivity index (χ0v) is 11.0. The topological polar surface area (TPSA) is 21.3 Å². The van der Waals surface area contributed by atoms with E-state index in [1.54, 1.807) is 0 Å². The molecule has 4 unspecified atom stereocenters. The van der Waals surface area contributed by atoms with Gasteiger partial charge in [0.2, 0.25) is 0 Å². The van der Waals surface area contributed by atoms with Crippen molar-refractivity contribution in [1.29, 1.82) is 0 Å². The van der Waals surface area contributed by atoms with Crippen LogP contribution >= 0.6 is 0 Å². The lowest BCUT2D eigenvalue weighted by Gasteiger charge is -2.30. The predicted octanol–water partition coefficient (Wildman–Crippen LogP) is 2.97. The van der Waals surface area contributed by atoms with E-state index in [1.165, 1.54) is 64.5 Å². The zero-order valence-electron chi connectivity index (χ0n) is 11.0. The molecule has 0 aromatic heterocycles. The van der Waals surface area contributed by atoms with Crippen molar-refractivity contribution in [2.45, 2.75) is 57.5 Å². The van der Waals surface area contributed by atoms with E-state index >= 15 is 0 Å². The summed E-state index contributed by atoms with van der Waals surface area (Å²) in [4.78, 5) is 0. The van der Waals surface area contributed by atoms with Crippen LogP contribution in [0.15, 0.2) is 0 Å². The molecule has 4 atom stereocenters. The maximum atomic E-state index is 6.21. The first-order chi connectivity index (χ1) is 8.45. The zero-order chi connectivity index (χ0) is 11.5. The van der Waals surface area contributed by atoms with Crippen LogP contribution in [0.3, 0.4) is 0 Å². The molecule has 0 bridgehead atoms. The van der Waals surface area contributed by atoms with Crippen molar-refractivity contribution in [1.82, 2.24) is 5.32 Å². The molecule has 2 nitrogen and oxygen atoms in total. The van der Waals surface area contributed by atoms with Crippen molar-refractivity contribution in [3.8, 4) is 0 Å². The fraction of sp³-hybridized carbons (Fsp3) is 1.00. The van der Waals surface area contributed by atoms with Crippen LogP contribution in [0.4, 0.5) is 0 Å². The molecule has 0 spiro atoms. The van der Waals surface area contributed by atoms with Crippen LogP contribution in [0.5, 0.6) is 0 Å². The molecule has 3 aliphatic rings. The Hall–Kier alpha value is -0.0800. The fourth-order valence-electron chi connectivity index (χ4n) is 4.29. The van der Waals surface area contributed by atoms with Gasteiger partial charge in [-0.05, 0) is 50.1 Å². The van der Waals surface area contributed by atoms with Gasteiger partial charge in [-0.2, -0.15) is 0 Å². The number of ether oxygens (including phenoxy) is 1. The van der Waals surface area contributed by atoms with Gasteiger partial charge in [0, 0.05) is 6.61 Å². The van der Waals surface area contributed by atoms with Gasteiger partial charge in [0.25, 0.3) is 0 Å². The summed E-state index contributed by atoms with van der Waals surface area (Å²) in [6.07, 6.45) is 11.8. The lowest BCUT2D eigenvalue weighted by atomic mass is 9.77. The number of fused-ring (bicyclic) bond motifs is 3. The van der Waals surface area contributed by atoms with E-state index in [-0.39, 0.29) is 0 Å². The highest BCUT2D eigenvalue weighted by atomic mass is 16.5. The largest absolute Gasteiger partial charge is 0.378 e. The minimum absolute atomic E-state index is 0.586. The maximum Gasteiger partial charge on any atom is 0.0606 e. The van der Waals surface area contributed by atoms with Crippen LogP contribution in [0, 0.1) is 17.8 Å². The van der Waals surface area contributed by atoms with Crippen LogP contribution in [-0.4, -0.2) is 25.8 Å². The smallest absolute Gasteiger partial charge is 0.0606 e. The maximum absolute atomic E-state index is 6.21. The lowest BCUT2D eigenvalue weighted by molar-refractivity contribution is 0.00526. The summed E-state index contributed by atoms with van der Waals surface area (Å²) in [7, 11) is 0. The third-order valence-electron chi connectivity index (χ3n) is 5.27. The van der Waals surface area contributed by atoms with Gasteiger partial charge >= 0.3 is 0 Å². The van der Waals surface area contributed by atoms with E-state index in [1.807, 2.05) is 0 Å². The second-order valence-electron chi connectivity index (χ2n) is 6.29. The molecule has 3 rings (SSSR count). The standard InChI is InChI=1S/C15H27NO/c1-2-4-6-13-14-11-16-10-12(14)8-9-17-15(13)7-5-3-1/h12-16H,1-11H2. The first kappa shape index (κ1) is 12.0. The molecule has 2 saturated heterocycles. The fourth-order valence-corrected chi connectivity index (χ4v) is 4.29. The highest BCUT2D eigenvalue weighted by Crippen LogP contribution is 2.39. The van der Waals surface area contributed by atoms with Crippen LogP contribution in [-0.2, 0) is 4.74 Å². The van der Waals surface area contributed by atoms with Crippen LogP contribution in [0.2, 0.25) is 0 Å². The van der Waals surface area contributed by atoms with Gasteiger partial charge < -0.3 is 10.1 Å². The van der Waals surface area contributed by atoms with E-state index in [4.69, 9.17) is 4.74 Å². The molecule has 0 amide bonds. The van der Waals surface area contributed by atoms with E-state index < -0.39 is 0 Å².